The fourth-order valence-corrected chi connectivity index (χ4v) is 4.25. The SMILES string of the molecule is NC1CCC(N2CCC3(O)CCCCC3C2)C1. The lowest BCUT2D eigenvalue weighted by molar-refractivity contribution is -0.102. The van der Waals surface area contributed by atoms with Crippen LogP contribution >= 0.6 is 0 Å². The summed E-state index contributed by atoms with van der Waals surface area (Å²) in [4.78, 5) is 2.62. The van der Waals surface area contributed by atoms with Crippen molar-refractivity contribution < 1.29 is 5.11 Å². The summed E-state index contributed by atoms with van der Waals surface area (Å²) in [5.74, 6) is 0.529. The van der Waals surface area contributed by atoms with Crippen LogP contribution in [0.2, 0.25) is 0 Å². The van der Waals surface area contributed by atoms with Crippen molar-refractivity contribution >= 4 is 0 Å². The van der Waals surface area contributed by atoms with Crippen molar-refractivity contribution in [3.63, 3.8) is 0 Å². The molecule has 3 heteroatoms. The molecule has 3 fully saturated rings. The van der Waals surface area contributed by atoms with E-state index in [9.17, 15) is 5.11 Å². The third kappa shape index (κ3) is 2.25. The molecule has 0 amide bonds. The summed E-state index contributed by atoms with van der Waals surface area (Å²) in [5, 5.41) is 10.7. The first kappa shape index (κ1) is 11.9. The summed E-state index contributed by atoms with van der Waals surface area (Å²) in [7, 11) is 0. The lowest BCUT2D eigenvalue weighted by atomic mass is 9.71. The molecule has 0 bridgehead atoms. The number of nitrogens with two attached hydrogens (primary N) is 1. The number of fused-ring (bicyclic) bond motifs is 1. The molecule has 3 rings (SSSR count). The van der Waals surface area contributed by atoms with E-state index in [4.69, 9.17) is 5.73 Å². The molecule has 98 valence electrons. The van der Waals surface area contributed by atoms with Crippen LogP contribution in [0, 0.1) is 5.92 Å². The molecule has 17 heavy (non-hydrogen) atoms. The van der Waals surface area contributed by atoms with E-state index in [0.717, 1.165) is 25.9 Å². The van der Waals surface area contributed by atoms with Crippen LogP contribution in [-0.4, -0.2) is 40.8 Å². The molecular weight excluding hydrogens is 212 g/mol. The zero-order valence-electron chi connectivity index (χ0n) is 10.8. The van der Waals surface area contributed by atoms with Gasteiger partial charge in [-0.05, 0) is 38.5 Å². The maximum Gasteiger partial charge on any atom is 0.0700 e. The molecule has 4 atom stereocenters. The van der Waals surface area contributed by atoms with Crippen molar-refractivity contribution in [3.8, 4) is 0 Å². The van der Waals surface area contributed by atoms with E-state index in [-0.39, 0.29) is 5.60 Å². The molecule has 0 aromatic rings. The van der Waals surface area contributed by atoms with Gasteiger partial charge in [-0.15, -0.1) is 0 Å². The second kappa shape index (κ2) is 4.52. The summed E-state index contributed by atoms with van der Waals surface area (Å²) >= 11 is 0. The molecule has 2 saturated carbocycles. The van der Waals surface area contributed by atoms with Crippen LogP contribution in [0.1, 0.15) is 51.4 Å². The van der Waals surface area contributed by atoms with E-state index in [2.05, 4.69) is 4.90 Å². The lowest BCUT2D eigenvalue weighted by Gasteiger charge is -2.49. The van der Waals surface area contributed by atoms with Crippen LogP contribution in [0.25, 0.3) is 0 Å². The van der Waals surface area contributed by atoms with Gasteiger partial charge in [0.2, 0.25) is 0 Å². The van der Waals surface area contributed by atoms with Crippen molar-refractivity contribution in [1.29, 1.82) is 0 Å². The quantitative estimate of drug-likeness (QED) is 0.728. The standard InChI is InChI=1S/C14H26N2O/c15-12-4-5-13(9-12)16-8-7-14(17)6-2-1-3-11(14)10-16/h11-13,17H,1-10,15H2. The van der Waals surface area contributed by atoms with E-state index < -0.39 is 0 Å². The Labute approximate surface area is 104 Å². The fraction of sp³-hybridized carbons (Fsp3) is 1.00. The van der Waals surface area contributed by atoms with E-state index in [0.29, 0.717) is 18.0 Å². The van der Waals surface area contributed by atoms with E-state index in [1.54, 1.807) is 0 Å². The zero-order chi connectivity index (χ0) is 11.9. The van der Waals surface area contributed by atoms with Gasteiger partial charge in [-0.2, -0.15) is 0 Å². The summed E-state index contributed by atoms with van der Waals surface area (Å²) < 4.78 is 0. The van der Waals surface area contributed by atoms with Crippen molar-refractivity contribution in [2.75, 3.05) is 13.1 Å². The highest BCUT2D eigenvalue weighted by Gasteiger charge is 2.44. The minimum atomic E-state index is -0.324. The monoisotopic (exact) mass is 238 g/mol. The second-order valence-electron chi connectivity index (χ2n) is 6.52. The molecule has 1 heterocycles. The van der Waals surface area contributed by atoms with Gasteiger partial charge in [0.15, 0.2) is 0 Å². The first-order valence-electron chi connectivity index (χ1n) is 7.39. The van der Waals surface area contributed by atoms with E-state index >= 15 is 0 Å². The van der Waals surface area contributed by atoms with Crippen molar-refractivity contribution in [1.82, 2.24) is 4.90 Å². The van der Waals surface area contributed by atoms with Gasteiger partial charge in [-0.25, -0.2) is 0 Å². The average molecular weight is 238 g/mol. The largest absolute Gasteiger partial charge is 0.390 e. The normalized spacial score (nSPS) is 48.0. The van der Waals surface area contributed by atoms with Crippen LogP contribution in [0.3, 0.4) is 0 Å². The number of hydrogen-bond acceptors (Lipinski definition) is 3. The molecule has 0 radical (unpaired) electrons. The Hall–Kier alpha value is -0.120. The Bertz CT molecular complexity index is 283. The second-order valence-corrected chi connectivity index (χ2v) is 6.52. The maximum atomic E-state index is 10.7. The summed E-state index contributed by atoms with van der Waals surface area (Å²) in [6, 6.07) is 1.13. The number of hydrogen-bond donors (Lipinski definition) is 2. The predicted octanol–water partition coefficient (Wildman–Crippen LogP) is 1.49. The molecule has 0 aromatic heterocycles. The first-order valence-corrected chi connectivity index (χ1v) is 7.39. The van der Waals surface area contributed by atoms with Gasteiger partial charge in [0.1, 0.15) is 0 Å². The molecule has 3 nitrogen and oxygen atoms in total. The molecular formula is C14H26N2O. The number of likely N-dealkylation sites (tertiary alicyclic amines) is 1. The molecule has 3 N–H and O–H groups in total. The molecule has 1 saturated heterocycles. The smallest absolute Gasteiger partial charge is 0.0700 e. The average Bonchev–Trinajstić information content (AvgIpc) is 2.75. The van der Waals surface area contributed by atoms with E-state index in [1.807, 2.05) is 0 Å². The summed E-state index contributed by atoms with van der Waals surface area (Å²) in [5.41, 5.74) is 5.69. The van der Waals surface area contributed by atoms with Crippen molar-refractivity contribution in [2.45, 2.75) is 69.1 Å². The van der Waals surface area contributed by atoms with Crippen LogP contribution in [-0.2, 0) is 0 Å². The summed E-state index contributed by atoms with van der Waals surface area (Å²) in [6.07, 6.45) is 9.42. The predicted molar refractivity (Wildman–Crippen MR) is 68.7 cm³/mol. The Balaban J connectivity index is 1.63. The van der Waals surface area contributed by atoms with Gasteiger partial charge < -0.3 is 10.8 Å². The Morgan fingerprint density at radius 2 is 2.00 bits per heavy atom. The molecule has 1 aliphatic heterocycles. The van der Waals surface area contributed by atoms with Crippen LogP contribution in [0.15, 0.2) is 0 Å². The highest BCUT2D eigenvalue weighted by Crippen LogP contribution is 2.41. The fourth-order valence-electron chi connectivity index (χ4n) is 4.25. The highest BCUT2D eigenvalue weighted by atomic mass is 16.3. The summed E-state index contributed by atoms with van der Waals surface area (Å²) in [6.45, 7) is 2.21. The van der Waals surface area contributed by atoms with Gasteiger partial charge >= 0.3 is 0 Å². The third-order valence-electron chi connectivity index (χ3n) is 5.42. The Morgan fingerprint density at radius 3 is 2.76 bits per heavy atom. The number of nitrogens with zero attached hydrogens (tertiary/aromatic N) is 1. The van der Waals surface area contributed by atoms with Gasteiger partial charge in [0.25, 0.3) is 0 Å². The molecule has 0 aromatic carbocycles. The number of piperidine rings is 1. The lowest BCUT2D eigenvalue weighted by Crippen LogP contribution is -2.55. The van der Waals surface area contributed by atoms with Crippen LogP contribution < -0.4 is 5.73 Å². The maximum absolute atomic E-state index is 10.7. The number of rotatable bonds is 1. The van der Waals surface area contributed by atoms with Crippen LogP contribution in [0.4, 0.5) is 0 Å². The van der Waals surface area contributed by atoms with Gasteiger partial charge in [-0.3, -0.25) is 4.90 Å². The van der Waals surface area contributed by atoms with Crippen LogP contribution in [0.5, 0.6) is 0 Å². The minimum absolute atomic E-state index is 0.324. The zero-order valence-corrected chi connectivity index (χ0v) is 10.8. The molecule has 0 spiro atoms. The molecule has 4 unspecified atom stereocenters. The van der Waals surface area contributed by atoms with Gasteiger partial charge in [0, 0.05) is 31.1 Å². The Morgan fingerprint density at radius 1 is 1.12 bits per heavy atom. The van der Waals surface area contributed by atoms with Gasteiger partial charge in [-0.1, -0.05) is 12.8 Å². The topological polar surface area (TPSA) is 49.5 Å². The third-order valence-corrected chi connectivity index (χ3v) is 5.42. The highest BCUT2D eigenvalue weighted by molar-refractivity contribution is 4.98. The minimum Gasteiger partial charge on any atom is -0.390 e. The molecule has 2 aliphatic carbocycles. The first-order chi connectivity index (χ1) is 8.17. The number of aliphatic hydroxyl groups is 1. The van der Waals surface area contributed by atoms with Gasteiger partial charge in [0.05, 0.1) is 5.60 Å². The van der Waals surface area contributed by atoms with Crippen molar-refractivity contribution in [2.24, 2.45) is 11.7 Å². The van der Waals surface area contributed by atoms with E-state index in [1.165, 1.54) is 38.5 Å². The molecule has 3 aliphatic rings. The van der Waals surface area contributed by atoms with Crippen molar-refractivity contribution in [3.05, 3.63) is 0 Å². The Kier molecular flexibility index (Phi) is 3.18.